The molecule has 0 aliphatic carbocycles. The number of rotatable bonds is 3. The number of carbonyl (C=O) groups is 1. The maximum atomic E-state index is 12.2. The number of anilines is 2. The van der Waals surface area contributed by atoms with Crippen molar-refractivity contribution in [3.8, 4) is 0 Å². The average molecular weight is 296 g/mol. The third kappa shape index (κ3) is 4.10. The summed E-state index contributed by atoms with van der Waals surface area (Å²) in [6.07, 6.45) is 0.992. The first kappa shape index (κ1) is 16.1. The topological polar surface area (TPSA) is 41.1 Å². The van der Waals surface area contributed by atoms with Crippen molar-refractivity contribution in [2.24, 2.45) is 0 Å². The fourth-order valence-electron chi connectivity index (χ4n) is 2.35. The van der Waals surface area contributed by atoms with Crippen molar-refractivity contribution in [3.05, 3.63) is 59.7 Å². The van der Waals surface area contributed by atoms with Crippen LogP contribution in [0.5, 0.6) is 0 Å². The summed E-state index contributed by atoms with van der Waals surface area (Å²) in [6.45, 7) is 8.51. The van der Waals surface area contributed by atoms with E-state index in [0.717, 1.165) is 23.4 Å². The van der Waals surface area contributed by atoms with Crippen molar-refractivity contribution in [1.29, 1.82) is 0 Å². The second kappa shape index (κ2) is 6.65. The number of nitrogens with one attached hydrogen (secondary N) is 2. The second-order valence-corrected chi connectivity index (χ2v) is 6.43. The third-order valence-electron chi connectivity index (χ3n) is 3.60. The molecule has 0 aliphatic rings. The van der Waals surface area contributed by atoms with Crippen LogP contribution in [0.15, 0.2) is 48.5 Å². The highest BCUT2D eigenvalue weighted by Crippen LogP contribution is 2.29. The van der Waals surface area contributed by atoms with E-state index in [2.05, 4.69) is 38.3 Å². The van der Waals surface area contributed by atoms with Gasteiger partial charge in [0.25, 0.3) is 0 Å². The first-order valence-corrected chi connectivity index (χ1v) is 7.66. The van der Waals surface area contributed by atoms with Crippen molar-refractivity contribution in [2.45, 2.75) is 39.5 Å². The molecule has 2 aromatic rings. The molecule has 2 aromatic carbocycles. The van der Waals surface area contributed by atoms with Gasteiger partial charge >= 0.3 is 6.03 Å². The second-order valence-electron chi connectivity index (χ2n) is 6.43. The minimum atomic E-state index is -0.221. The molecule has 0 unspecified atom stereocenters. The number of para-hydroxylation sites is 1. The normalized spacial score (nSPS) is 11.1. The molecule has 0 bridgehead atoms. The van der Waals surface area contributed by atoms with Crippen LogP contribution >= 0.6 is 0 Å². The Morgan fingerprint density at radius 3 is 2.18 bits per heavy atom. The Bertz CT molecular complexity index is 639. The van der Waals surface area contributed by atoms with Crippen molar-refractivity contribution >= 4 is 17.4 Å². The van der Waals surface area contributed by atoms with Crippen LogP contribution in [0.1, 0.15) is 38.8 Å². The summed E-state index contributed by atoms with van der Waals surface area (Å²) in [5.74, 6) is 0. The number of hydrogen-bond donors (Lipinski definition) is 2. The highest BCUT2D eigenvalue weighted by Gasteiger charge is 2.18. The maximum absolute atomic E-state index is 12.2. The zero-order chi connectivity index (χ0) is 16.2. The molecule has 0 aromatic heterocycles. The van der Waals surface area contributed by atoms with E-state index in [1.54, 1.807) is 0 Å². The van der Waals surface area contributed by atoms with Gasteiger partial charge in [-0.2, -0.15) is 0 Å². The smallest absolute Gasteiger partial charge is 0.308 e. The molecule has 3 heteroatoms. The lowest BCUT2D eigenvalue weighted by molar-refractivity contribution is 0.262. The lowest BCUT2D eigenvalue weighted by Crippen LogP contribution is -2.22. The minimum absolute atomic E-state index is 0.0212. The first-order valence-electron chi connectivity index (χ1n) is 7.66. The molecule has 22 heavy (non-hydrogen) atoms. The predicted molar refractivity (Wildman–Crippen MR) is 93.6 cm³/mol. The van der Waals surface area contributed by atoms with E-state index in [1.807, 2.05) is 48.5 Å². The van der Waals surface area contributed by atoms with E-state index < -0.39 is 0 Å². The molecule has 2 rings (SSSR count). The van der Waals surface area contributed by atoms with Gasteiger partial charge in [0.15, 0.2) is 0 Å². The molecule has 116 valence electrons. The fourth-order valence-corrected chi connectivity index (χ4v) is 2.35. The first-order chi connectivity index (χ1) is 10.4. The number of urea groups is 1. The van der Waals surface area contributed by atoms with Gasteiger partial charge in [0, 0.05) is 11.4 Å². The fraction of sp³-hybridized carbons (Fsp3) is 0.316. The van der Waals surface area contributed by atoms with Crippen molar-refractivity contribution in [3.63, 3.8) is 0 Å². The molecule has 0 fully saturated rings. The summed E-state index contributed by atoms with van der Waals surface area (Å²) < 4.78 is 0. The van der Waals surface area contributed by atoms with Crippen LogP contribution in [0.2, 0.25) is 0 Å². The molecule has 3 nitrogen and oxygen atoms in total. The van der Waals surface area contributed by atoms with Gasteiger partial charge in [-0.25, -0.2) is 4.79 Å². The summed E-state index contributed by atoms with van der Waals surface area (Å²) in [6, 6.07) is 15.6. The molecule has 0 saturated carbocycles. The van der Waals surface area contributed by atoms with Crippen LogP contribution in [0, 0.1) is 0 Å². The molecular weight excluding hydrogens is 272 g/mol. The highest BCUT2D eigenvalue weighted by molar-refractivity contribution is 6.00. The van der Waals surface area contributed by atoms with Gasteiger partial charge in [-0.3, -0.25) is 0 Å². The molecule has 0 heterocycles. The highest BCUT2D eigenvalue weighted by atomic mass is 16.2. The Hall–Kier alpha value is -2.29. The number of hydrogen-bond acceptors (Lipinski definition) is 1. The summed E-state index contributed by atoms with van der Waals surface area (Å²) in [7, 11) is 0. The minimum Gasteiger partial charge on any atom is -0.308 e. The number of amides is 2. The number of carbonyl (C=O) groups excluding carboxylic acids is 1. The molecular formula is C19H24N2O. The van der Waals surface area contributed by atoms with E-state index in [9.17, 15) is 4.79 Å². The summed E-state index contributed by atoms with van der Waals surface area (Å²) in [5.41, 5.74) is 3.99. The SMILES string of the molecule is CCc1ccc(NC(=O)Nc2ccccc2C(C)(C)C)cc1. The largest absolute Gasteiger partial charge is 0.323 e. The Morgan fingerprint density at radius 1 is 0.955 bits per heavy atom. The van der Waals surface area contributed by atoms with Crippen LogP contribution in [-0.4, -0.2) is 6.03 Å². The van der Waals surface area contributed by atoms with Gasteiger partial charge in [0.05, 0.1) is 0 Å². The molecule has 2 N–H and O–H groups in total. The van der Waals surface area contributed by atoms with Crippen LogP contribution in [-0.2, 0) is 11.8 Å². The number of aryl methyl sites for hydroxylation is 1. The van der Waals surface area contributed by atoms with Crippen LogP contribution in [0.4, 0.5) is 16.2 Å². The Balaban J connectivity index is 2.09. The summed E-state index contributed by atoms with van der Waals surface area (Å²) >= 11 is 0. The Morgan fingerprint density at radius 2 is 1.59 bits per heavy atom. The lowest BCUT2D eigenvalue weighted by atomic mass is 9.86. The Labute approximate surface area is 132 Å². The lowest BCUT2D eigenvalue weighted by Gasteiger charge is -2.23. The van der Waals surface area contributed by atoms with E-state index in [4.69, 9.17) is 0 Å². The standard InChI is InChI=1S/C19H24N2O/c1-5-14-10-12-15(13-11-14)20-18(22)21-17-9-7-6-8-16(17)19(2,3)4/h6-13H,5H2,1-4H3,(H2,20,21,22). The quantitative estimate of drug-likeness (QED) is 0.804. The van der Waals surface area contributed by atoms with Gasteiger partial charge in [0.1, 0.15) is 0 Å². The summed E-state index contributed by atoms with van der Waals surface area (Å²) in [5, 5.41) is 5.81. The van der Waals surface area contributed by atoms with E-state index in [-0.39, 0.29) is 11.4 Å². The molecule has 0 aliphatic heterocycles. The van der Waals surface area contributed by atoms with Gasteiger partial charge < -0.3 is 10.6 Å². The van der Waals surface area contributed by atoms with Crippen molar-refractivity contribution in [1.82, 2.24) is 0 Å². The van der Waals surface area contributed by atoms with Gasteiger partial charge in [-0.1, -0.05) is 58.0 Å². The van der Waals surface area contributed by atoms with Gasteiger partial charge in [0.2, 0.25) is 0 Å². The average Bonchev–Trinajstić information content (AvgIpc) is 2.47. The zero-order valence-electron chi connectivity index (χ0n) is 13.7. The monoisotopic (exact) mass is 296 g/mol. The van der Waals surface area contributed by atoms with Crippen molar-refractivity contribution < 1.29 is 4.79 Å². The van der Waals surface area contributed by atoms with Crippen LogP contribution in [0.25, 0.3) is 0 Å². The molecule has 0 atom stereocenters. The third-order valence-corrected chi connectivity index (χ3v) is 3.60. The molecule has 0 spiro atoms. The predicted octanol–water partition coefficient (Wildman–Crippen LogP) is 5.19. The maximum Gasteiger partial charge on any atom is 0.323 e. The molecule has 2 amide bonds. The van der Waals surface area contributed by atoms with Gasteiger partial charge in [-0.05, 0) is 41.2 Å². The molecule has 0 saturated heterocycles. The summed E-state index contributed by atoms with van der Waals surface area (Å²) in [4.78, 5) is 12.2. The van der Waals surface area contributed by atoms with Gasteiger partial charge in [-0.15, -0.1) is 0 Å². The molecule has 0 radical (unpaired) electrons. The van der Waals surface area contributed by atoms with Crippen LogP contribution in [0.3, 0.4) is 0 Å². The van der Waals surface area contributed by atoms with E-state index in [0.29, 0.717) is 0 Å². The van der Waals surface area contributed by atoms with E-state index >= 15 is 0 Å². The zero-order valence-corrected chi connectivity index (χ0v) is 13.7. The Kier molecular flexibility index (Phi) is 4.86. The number of benzene rings is 2. The van der Waals surface area contributed by atoms with Crippen LogP contribution < -0.4 is 10.6 Å². The van der Waals surface area contributed by atoms with E-state index in [1.165, 1.54) is 5.56 Å². The van der Waals surface area contributed by atoms with Crippen molar-refractivity contribution in [2.75, 3.05) is 10.6 Å².